The van der Waals surface area contributed by atoms with E-state index in [1.165, 1.54) is 10.4 Å². The van der Waals surface area contributed by atoms with E-state index in [1.807, 2.05) is 49.9 Å². The van der Waals surface area contributed by atoms with Crippen LogP contribution in [-0.2, 0) is 20.7 Å². The first kappa shape index (κ1) is 25.2. The first-order valence-corrected chi connectivity index (χ1v) is 12.4. The van der Waals surface area contributed by atoms with E-state index in [-0.39, 0.29) is 29.8 Å². The fraction of sp³-hybridized carbons (Fsp3) is 0.538. The maximum absolute atomic E-state index is 13.6. The van der Waals surface area contributed by atoms with Gasteiger partial charge in [-0.05, 0) is 53.0 Å². The number of ether oxygens (including phenoxy) is 2. The molecular formula is C26H36N2O4S. The van der Waals surface area contributed by atoms with Crippen molar-refractivity contribution in [1.82, 2.24) is 9.80 Å². The number of fused-ring (bicyclic) bond motifs is 1. The number of thiophene rings is 1. The van der Waals surface area contributed by atoms with Crippen LogP contribution in [-0.4, -0.2) is 62.1 Å². The average Bonchev–Trinajstić information content (AvgIpc) is 3.25. The van der Waals surface area contributed by atoms with E-state index in [0.717, 1.165) is 17.7 Å². The van der Waals surface area contributed by atoms with E-state index in [4.69, 9.17) is 9.47 Å². The van der Waals surface area contributed by atoms with Crippen molar-refractivity contribution in [2.45, 2.75) is 46.1 Å². The summed E-state index contributed by atoms with van der Waals surface area (Å²) in [7, 11) is 3.30. The van der Waals surface area contributed by atoms with Gasteiger partial charge in [0.25, 0.3) is 0 Å². The van der Waals surface area contributed by atoms with E-state index in [9.17, 15) is 9.59 Å². The number of amides is 2. The second-order valence-corrected chi connectivity index (χ2v) is 10.7. The Morgan fingerprint density at radius 3 is 2.52 bits per heavy atom. The molecule has 3 rings (SSSR count). The minimum Gasteiger partial charge on any atom is -0.497 e. The Balaban J connectivity index is 1.84. The van der Waals surface area contributed by atoms with Crippen LogP contribution in [0.2, 0.25) is 0 Å². The lowest BCUT2D eigenvalue weighted by atomic mass is 9.91. The Hall–Kier alpha value is -2.38. The number of carbonyl (C=O) groups excluding carboxylic acids is 2. The predicted octanol–water partition coefficient (Wildman–Crippen LogP) is 4.53. The van der Waals surface area contributed by atoms with Gasteiger partial charge < -0.3 is 19.3 Å². The van der Waals surface area contributed by atoms with Crippen LogP contribution in [0.3, 0.4) is 0 Å². The molecule has 33 heavy (non-hydrogen) atoms. The molecule has 1 aromatic heterocycles. The van der Waals surface area contributed by atoms with Crippen LogP contribution < -0.4 is 4.74 Å². The van der Waals surface area contributed by atoms with Crippen molar-refractivity contribution in [3.63, 3.8) is 0 Å². The fourth-order valence-corrected chi connectivity index (χ4v) is 5.15. The number of hydrogen-bond donors (Lipinski definition) is 0. The number of hydrogen-bond acceptors (Lipinski definition) is 5. The van der Waals surface area contributed by atoms with Crippen LogP contribution in [0.1, 0.15) is 55.7 Å². The van der Waals surface area contributed by atoms with Crippen LogP contribution in [0.4, 0.5) is 0 Å². The van der Waals surface area contributed by atoms with Crippen LogP contribution in [0.15, 0.2) is 35.7 Å². The Kier molecular flexibility index (Phi) is 8.54. The molecule has 0 saturated heterocycles. The van der Waals surface area contributed by atoms with Gasteiger partial charge in [0.2, 0.25) is 11.8 Å². The summed E-state index contributed by atoms with van der Waals surface area (Å²) in [6.45, 7) is 7.93. The zero-order chi connectivity index (χ0) is 24.0. The van der Waals surface area contributed by atoms with Crippen LogP contribution in [0.5, 0.6) is 5.75 Å². The van der Waals surface area contributed by atoms with E-state index in [1.54, 1.807) is 30.5 Å². The third-order valence-electron chi connectivity index (χ3n) is 5.85. The lowest BCUT2D eigenvalue weighted by Gasteiger charge is -2.38. The lowest BCUT2D eigenvalue weighted by molar-refractivity contribution is -0.142. The van der Waals surface area contributed by atoms with Crippen molar-refractivity contribution < 1.29 is 19.1 Å². The second kappa shape index (κ2) is 11.2. The smallest absolute Gasteiger partial charge is 0.242 e. The molecular weight excluding hydrogens is 436 g/mol. The topological polar surface area (TPSA) is 59.1 Å². The number of carbonyl (C=O) groups is 2. The van der Waals surface area contributed by atoms with Crippen molar-refractivity contribution >= 4 is 23.2 Å². The van der Waals surface area contributed by atoms with Crippen LogP contribution >= 0.6 is 11.3 Å². The molecule has 7 heteroatoms. The van der Waals surface area contributed by atoms with Gasteiger partial charge in [0.1, 0.15) is 5.75 Å². The van der Waals surface area contributed by atoms with E-state index in [2.05, 4.69) is 11.4 Å². The minimum absolute atomic E-state index is 0.0150. The Labute approximate surface area is 201 Å². The standard InChI is InChI=1S/C26H36N2O4S/c1-26(2,3)17-23(29)27(13-6-15-31-4)18-24(30)28-14-11-22-21(12-16-33-22)25(28)19-7-9-20(32-5)10-8-19/h7-10,12,16,25H,6,11,13-15,17-18H2,1-5H3. The Bertz CT molecular complexity index is 933. The van der Waals surface area contributed by atoms with Gasteiger partial charge in [0.05, 0.1) is 19.7 Å². The summed E-state index contributed by atoms with van der Waals surface area (Å²) in [5.74, 6) is 0.781. The highest BCUT2D eigenvalue weighted by atomic mass is 32.1. The van der Waals surface area contributed by atoms with Crippen molar-refractivity contribution in [1.29, 1.82) is 0 Å². The maximum atomic E-state index is 13.6. The van der Waals surface area contributed by atoms with Crippen LogP contribution in [0.25, 0.3) is 0 Å². The Morgan fingerprint density at radius 1 is 1.15 bits per heavy atom. The minimum atomic E-state index is -0.156. The first-order chi connectivity index (χ1) is 15.7. The molecule has 0 fully saturated rings. The largest absolute Gasteiger partial charge is 0.497 e. The highest BCUT2D eigenvalue weighted by Gasteiger charge is 2.34. The zero-order valence-corrected chi connectivity index (χ0v) is 21.2. The number of benzene rings is 1. The molecule has 0 spiro atoms. The predicted molar refractivity (Wildman–Crippen MR) is 132 cm³/mol. The molecule has 6 nitrogen and oxygen atoms in total. The number of nitrogens with zero attached hydrogens (tertiary/aromatic N) is 2. The molecule has 2 amide bonds. The van der Waals surface area contributed by atoms with Gasteiger partial charge in [-0.15, -0.1) is 11.3 Å². The third kappa shape index (κ3) is 6.58. The van der Waals surface area contributed by atoms with Gasteiger partial charge in [-0.3, -0.25) is 9.59 Å². The highest BCUT2D eigenvalue weighted by Crippen LogP contribution is 2.38. The normalized spacial score (nSPS) is 15.8. The third-order valence-corrected chi connectivity index (χ3v) is 6.85. The van der Waals surface area contributed by atoms with Gasteiger partial charge >= 0.3 is 0 Å². The van der Waals surface area contributed by atoms with Gasteiger partial charge in [-0.25, -0.2) is 0 Å². The van der Waals surface area contributed by atoms with Crippen molar-refractivity contribution in [3.05, 3.63) is 51.7 Å². The van der Waals surface area contributed by atoms with Gasteiger partial charge in [0, 0.05) is 38.1 Å². The lowest BCUT2D eigenvalue weighted by Crippen LogP contribution is -2.47. The van der Waals surface area contributed by atoms with E-state index >= 15 is 0 Å². The summed E-state index contributed by atoms with van der Waals surface area (Å²) in [6.07, 6.45) is 1.95. The molecule has 0 bridgehead atoms. The van der Waals surface area contributed by atoms with Gasteiger partial charge in [0.15, 0.2) is 0 Å². The van der Waals surface area contributed by atoms with E-state index in [0.29, 0.717) is 32.5 Å². The maximum Gasteiger partial charge on any atom is 0.242 e. The fourth-order valence-electron chi connectivity index (χ4n) is 4.24. The second-order valence-electron chi connectivity index (χ2n) is 9.71. The molecule has 0 N–H and O–H groups in total. The van der Waals surface area contributed by atoms with Crippen molar-refractivity contribution in [2.75, 3.05) is 40.5 Å². The molecule has 1 aromatic carbocycles. The number of methoxy groups -OCH3 is 2. The summed E-state index contributed by atoms with van der Waals surface area (Å²) in [4.78, 5) is 31.6. The number of rotatable bonds is 9. The molecule has 0 radical (unpaired) electrons. The summed E-state index contributed by atoms with van der Waals surface area (Å²) in [5.41, 5.74) is 2.09. The summed E-state index contributed by atoms with van der Waals surface area (Å²) >= 11 is 1.74. The summed E-state index contributed by atoms with van der Waals surface area (Å²) in [5, 5.41) is 2.10. The molecule has 1 aliphatic heterocycles. The van der Waals surface area contributed by atoms with E-state index < -0.39 is 0 Å². The van der Waals surface area contributed by atoms with Gasteiger partial charge in [-0.2, -0.15) is 0 Å². The van der Waals surface area contributed by atoms with Gasteiger partial charge in [-0.1, -0.05) is 32.9 Å². The molecule has 180 valence electrons. The van der Waals surface area contributed by atoms with Crippen molar-refractivity contribution in [3.8, 4) is 5.75 Å². The quantitative estimate of drug-likeness (QED) is 0.503. The first-order valence-electron chi connectivity index (χ1n) is 11.5. The average molecular weight is 473 g/mol. The highest BCUT2D eigenvalue weighted by molar-refractivity contribution is 7.10. The molecule has 1 atom stereocenters. The van der Waals surface area contributed by atoms with Crippen molar-refractivity contribution in [2.24, 2.45) is 5.41 Å². The molecule has 1 unspecified atom stereocenters. The molecule has 0 saturated carbocycles. The molecule has 2 aromatic rings. The summed E-state index contributed by atoms with van der Waals surface area (Å²) in [6, 6.07) is 9.88. The molecule has 1 aliphatic rings. The monoisotopic (exact) mass is 472 g/mol. The van der Waals surface area contributed by atoms with Crippen LogP contribution in [0, 0.1) is 5.41 Å². The SMILES string of the molecule is COCCCN(CC(=O)N1CCc2sccc2C1c1ccc(OC)cc1)C(=O)CC(C)(C)C. The molecule has 2 heterocycles. The zero-order valence-electron chi connectivity index (χ0n) is 20.4. The molecule has 0 aliphatic carbocycles. The summed E-state index contributed by atoms with van der Waals surface area (Å²) < 4.78 is 10.5. The Morgan fingerprint density at radius 2 is 1.88 bits per heavy atom.